The fraction of sp³-hybridized carbons (Fsp3) is 0.444. The van der Waals surface area contributed by atoms with Crippen LogP contribution in [0.25, 0.3) is 22.2 Å². The molecule has 2 aliphatic carbocycles. The average Bonchev–Trinajstić information content (AvgIpc) is 3.59. The molecular formula is C36H41N3O6. The van der Waals surface area contributed by atoms with Gasteiger partial charge in [-0.15, -0.1) is 0 Å². The number of pyridine rings is 1. The first kappa shape index (κ1) is 30.6. The second-order valence-corrected chi connectivity index (χ2v) is 12.4. The van der Waals surface area contributed by atoms with Crippen molar-refractivity contribution >= 4 is 28.7 Å². The molecule has 5 unspecified atom stereocenters. The number of fused-ring (bicyclic) bond motifs is 3. The molecule has 2 aromatic carbocycles. The Morgan fingerprint density at radius 2 is 1.87 bits per heavy atom. The molecule has 2 saturated carbocycles. The molecule has 3 aliphatic rings. The third-order valence-electron chi connectivity index (χ3n) is 9.38. The Hall–Kier alpha value is -4.40. The number of esters is 1. The maximum absolute atomic E-state index is 14.0. The lowest BCUT2D eigenvalue weighted by Gasteiger charge is -2.26. The summed E-state index contributed by atoms with van der Waals surface area (Å²) in [6.45, 7) is 2.61. The highest BCUT2D eigenvalue weighted by molar-refractivity contribution is 5.95. The van der Waals surface area contributed by atoms with Crippen molar-refractivity contribution in [3.63, 3.8) is 0 Å². The Bertz CT molecular complexity index is 1610. The lowest BCUT2D eigenvalue weighted by Crippen LogP contribution is -2.50. The first-order valence-electron chi connectivity index (χ1n) is 15.9. The topological polar surface area (TPSA) is 107 Å². The molecule has 2 heterocycles. The first-order chi connectivity index (χ1) is 21.8. The van der Waals surface area contributed by atoms with Crippen LogP contribution < -0.4 is 14.8 Å². The SMILES string of the molecule is CCOC(=O)C12CC1/C=C/CCCCN(C)C(=O)C1CC(Oc3cc(-c4ccccc4)nc4cc(OC)ccc34)CC1C(=O)N2. The van der Waals surface area contributed by atoms with Gasteiger partial charge >= 0.3 is 5.97 Å². The summed E-state index contributed by atoms with van der Waals surface area (Å²) in [4.78, 5) is 47.6. The molecule has 2 amide bonds. The van der Waals surface area contributed by atoms with Gasteiger partial charge in [0.05, 0.1) is 36.8 Å². The zero-order chi connectivity index (χ0) is 31.6. The zero-order valence-electron chi connectivity index (χ0n) is 26.2. The van der Waals surface area contributed by atoms with Crippen LogP contribution in [0.15, 0.2) is 66.7 Å². The van der Waals surface area contributed by atoms with E-state index in [1.165, 1.54) is 0 Å². The molecule has 6 rings (SSSR count). The Balaban J connectivity index is 1.32. The Morgan fingerprint density at radius 1 is 1.07 bits per heavy atom. The zero-order valence-corrected chi connectivity index (χ0v) is 26.2. The first-order valence-corrected chi connectivity index (χ1v) is 15.9. The van der Waals surface area contributed by atoms with Crippen LogP contribution in [0, 0.1) is 17.8 Å². The fourth-order valence-electron chi connectivity index (χ4n) is 6.77. The van der Waals surface area contributed by atoms with Gasteiger partial charge in [-0.05, 0) is 57.6 Å². The van der Waals surface area contributed by atoms with E-state index < -0.39 is 29.4 Å². The van der Waals surface area contributed by atoms with E-state index in [0.29, 0.717) is 37.3 Å². The number of allylic oxidation sites excluding steroid dienone is 1. The molecule has 0 radical (unpaired) electrons. The van der Waals surface area contributed by atoms with Gasteiger partial charge in [0, 0.05) is 42.6 Å². The third kappa shape index (κ3) is 6.26. The molecule has 1 aliphatic heterocycles. The van der Waals surface area contributed by atoms with E-state index in [-0.39, 0.29) is 24.3 Å². The number of carbonyl (C=O) groups is 3. The van der Waals surface area contributed by atoms with Crippen molar-refractivity contribution in [3.8, 4) is 22.8 Å². The largest absolute Gasteiger partial charge is 0.497 e. The van der Waals surface area contributed by atoms with E-state index in [0.717, 1.165) is 41.4 Å². The predicted molar refractivity (Wildman–Crippen MR) is 171 cm³/mol. The van der Waals surface area contributed by atoms with Crippen molar-refractivity contribution in [3.05, 3.63) is 66.7 Å². The number of ether oxygens (including phenoxy) is 3. The van der Waals surface area contributed by atoms with E-state index in [9.17, 15) is 14.4 Å². The van der Waals surface area contributed by atoms with E-state index in [1.807, 2.05) is 60.7 Å². The second-order valence-electron chi connectivity index (χ2n) is 12.4. The quantitative estimate of drug-likeness (QED) is 0.297. The molecule has 45 heavy (non-hydrogen) atoms. The summed E-state index contributed by atoms with van der Waals surface area (Å²) in [6, 6.07) is 17.5. The van der Waals surface area contributed by atoms with Crippen molar-refractivity contribution in [1.29, 1.82) is 0 Å². The van der Waals surface area contributed by atoms with Gasteiger partial charge in [0.2, 0.25) is 11.8 Å². The van der Waals surface area contributed by atoms with Crippen LogP contribution in [0.5, 0.6) is 11.5 Å². The standard InChI is InChI=1S/C36H41N3O6/c1-4-44-35(42)36-22-24(36)14-10-5-6-11-17-39(2)34(41)29-19-26(18-28(29)33(40)38-36)45-32-21-30(23-12-8-7-9-13-23)37-31-20-25(43-3)15-16-27(31)32/h7-10,12-16,20-21,24,26,28-29H,4-6,11,17-19,22H2,1-3H3,(H,38,40)/b14-10+. The van der Waals surface area contributed by atoms with E-state index in [2.05, 4.69) is 11.4 Å². The molecule has 9 heteroatoms. The van der Waals surface area contributed by atoms with Crippen LogP contribution in [0.4, 0.5) is 0 Å². The number of amides is 2. The molecule has 9 nitrogen and oxygen atoms in total. The number of hydrogen-bond donors (Lipinski definition) is 1. The van der Waals surface area contributed by atoms with E-state index in [1.54, 1.807) is 26.0 Å². The van der Waals surface area contributed by atoms with Crippen molar-refractivity contribution in [2.24, 2.45) is 17.8 Å². The number of nitrogens with one attached hydrogen (secondary N) is 1. The minimum absolute atomic E-state index is 0.0688. The van der Waals surface area contributed by atoms with Crippen LogP contribution in [-0.2, 0) is 19.1 Å². The Morgan fingerprint density at radius 3 is 2.64 bits per heavy atom. The summed E-state index contributed by atoms with van der Waals surface area (Å²) in [7, 11) is 3.42. The van der Waals surface area contributed by atoms with Crippen molar-refractivity contribution in [2.75, 3.05) is 27.3 Å². The molecule has 5 atom stereocenters. The second kappa shape index (κ2) is 12.9. The van der Waals surface area contributed by atoms with Crippen LogP contribution in [-0.4, -0.2) is 66.6 Å². The highest BCUT2D eigenvalue weighted by atomic mass is 16.5. The van der Waals surface area contributed by atoms with Gasteiger partial charge in [-0.3, -0.25) is 9.59 Å². The van der Waals surface area contributed by atoms with Gasteiger partial charge in [-0.2, -0.15) is 0 Å². The summed E-state index contributed by atoms with van der Waals surface area (Å²) in [6.07, 6.45) is 7.58. The van der Waals surface area contributed by atoms with Gasteiger partial charge in [0.25, 0.3) is 0 Å². The molecule has 2 fully saturated rings. The minimum atomic E-state index is -1.09. The maximum atomic E-state index is 14.0. The van der Waals surface area contributed by atoms with Crippen LogP contribution >= 0.6 is 0 Å². The van der Waals surface area contributed by atoms with Crippen molar-refractivity contribution in [2.45, 2.75) is 57.1 Å². The maximum Gasteiger partial charge on any atom is 0.332 e. The number of carbonyl (C=O) groups excluding carboxylic acids is 3. The van der Waals surface area contributed by atoms with E-state index in [4.69, 9.17) is 19.2 Å². The van der Waals surface area contributed by atoms with Gasteiger partial charge in [-0.1, -0.05) is 42.5 Å². The third-order valence-corrected chi connectivity index (χ3v) is 9.38. The lowest BCUT2D eigenvalue weighted by molar-refractivity contribution is -0.150. The molecular weight excluding hydrogens is 570 g/mol. The van der Waals surface area contributed by atoms with Crippen LogP contribution in [0.2, 0.25) is 0 Å². The summed E-state index contributed by atoms with van der Waals surface area (Å²) in [5.74, 6) is -0.811. The Labute approximate surface area is 263 Å². The molecule has 3 aromatic rings. The minimum Gasteiger partial charge on any atom is -0.497 e. The molecule has 0 saturated heterocycles. The number of rotatable bonds is 6. The molecule has 0 spiro atoms. The van der Waals surface area contributed by atoms with Crippen LogP contribution in [0.1, 0.15) is 45.4 Å². The molecule has 0 bridgehead atoms. The molecule has 236 valence electrons. The number of aromatic nitrogens is 1. The number of nitrogens with zero attached hydrogens (tertiary/aromatic N) is 2. The van der Waals surface area contributed by atoms with Gasteiger partial charge in [0.15, 0.2) is 0 Å². The molecule has 1 aromatic heterocycles. The van der Waals surface area contributed by atoms with E-state index >= 15 is 0 Å². The average molecular weight is 612 g/mol. The van der Waals surface area contributed by atoms with Gasteiger partial charge in [-0.25, -0.2) is 9.78 Å². The predicted octanol–water partition coefficient (Wildman–Crippen LogP) is 5.32. The van der Waals surface area contributed by atoms with Gasteiger partial charge < -0.3 is 24.4 Å². The summed E-state index contributed by atoms with van der Waals surface area (Å²) in [5, 5.41) is 3.87. The smallest absolute Gasteiger partial charge is 0.332 e. The summed E-state index contributed by atoms with van der Waals surface area (Å²) >= 11 is 0. The highest BCUT2D eigenvalue weighted by Crippen LogP contribution is 2.47. The van der Waals surface area contributed by atoms with Crippen LogP contribution in [0.3, 0.4) is 0 Å². The monoisotopic (exact) mass is 611 g/mol. The highest BCUT2D eigenvalue weighted by Gasteiger charge is 2.62. The lowest BCUT2D eigenvalue weighted by atomic mass is 9.93. The van der Waals surface area contributed by atoms with Crippen molar-refractivity contribution < 1.29 is 28.6 Å². The Kier molecular flexibility index (Phi) is 8.79. The summed E-state index contributed by atoms with van der Waals surface area (Å²) in [5.41, 5.74) is 1.33. The number of benzene rings is 2. The van der Waals surface area contributed by atoms with Gasteiger partial charge in [0.1, 0.15) is 23.1 Å². The molecule has 1 N–H and O–H groups in total. The number of methoxy groups -OCH3 is 1. The fourth-order valence-corrected chi connectivity index (χ4v) is 6.77. The normalized spacial score (nSPS) is 27.5. The van der Waals surface area contributed by atoms with Crippen molar-refractivity contribution in [1.82, 2.24) is 15.2 Å². The number of hydrogen-bond acceptors (Lipinski definition) is 7. The summed E-state index contributed by atoms with van der Waals surface area (Å²) < 4.78 is 17.6.